The van der Waals surface area contributed by atoms with Gasteiger partial charge in [0.15, 0.2) is 6.29 Å². The van der Waals surface area contributed by atoms with Gasteiger partial charge in [0.25, 0.3) is 0 Å². The molecule has 9 atom stereocenters. The van der Waals surface area contributed by atoms with Gasteiger partial charge in [0.1, 0.15) is 24.4 Å². The van der Waals surface area contributed by atoms with Gasteiger partial charge in [-0.1, -0.05) is 24.3 Å². The van der Waals surface area contributed by atoms with Crippen LogP contribution in [0.3, 0.4) is 0 Å². The molecule has 5 N–H and O–H groups in total. The number of amides is 1. The van der Waals surface area contributed by atoms with Crippen molar-refractivity contribution in [1.82, 2.24) is 9.88 Å². The predicted octanol–water partition coefficient (Wildman–Crippen LogP) is 0.262. The van der Waals surface area contributed by atoms with E-state index in [1.54, 1.807) is 18.0 Å². The molecule has 0 spiro atoms. The van der Waals surface area contributed by atoms with Crippen LogP contribution in [0.5, 0.6) is 0 Å². The number of carbonyl (C=O) groups is 2. The molecule has 1 saturated heterocycles. The Labute approximate surface area is 230 Å². The monoisotopic (exact) mass is 558 g/mol. The van der Waals surface area contributed by atoms with Gasteiger partial charge in [0.2, 0.25) is 12.2 Å². The molecule has 5 rings (SSSR count). The highest BCUT2D eigenvalue weighted by atomic mass is 16.8. The number of aromatic nitrogens is 1. The number of nitrogens with one attached hydrogen (secondary N) is 1. The van der Waals surface area contributed by atoms with Crippen molar-refractivity contribution in [3.05, 3.63) is 60.0 Å². The van der Waals surface area contributed by atoms with Crippen LogP contribution in [0.15, 0.2) is 48.8 Å². The SMILES string of the molecule is C=C[C@@H]1[C@@H](O[C@H]2O[C@@H](CO)[C@H](O)[C@@H](O)[C@@H]2O)OC=C(C(=O)OC)[C@@H]1C[C@@H]1c2[nH]c3ccccc3c2CC(=O)N1C. The Morgan fingerprint density at radius 2 is 1.95 bits per heavy atom. The minimum Gasteiger partial charge on any atom is -0.471 e. The van der Waals surface area contributed by atoms with E-state index in [9.17, 15) is 30.0 Å². The van der Waals surface area contributed by atoms with E-state index in [1.807, 2.05) is 24.3 Å². The highest BCUT2D eigenvalue weighted by Crippen LogP contribution is 2.44. The maximum Gasteiger partial charge on any atom is 0.337 e. The topological polar surface area (TPSA) is 171 Å². The molecular weight excluding hydrogens is 524 g/mol. The lowest BCUT2D eigenvalue weighted by molar-refractivity contribution is -0.339. The van der Waals surface area contributed by atoms with Gasteiger partial charge in [-0.3, -0.25) is 4.79 Å². The lowest BCUT2D eigenvalue weighted by Crippen LogP contribution is -2.60. The van der Waals surface area contributed by atoms with Crippen molar-refractivity contribution in [2.45, 2.75) is 55.9 Å². The number of aromatic amines is 1. The van der Waals surface area contributed by atoms with Gasteiger partial charge in [0, 0.05) is 35.5 Å². The molecule has 4 heterocycles. The summed E-state index contributed by atoms with van der Waals surface area (Å²) in [6, 6.07) is 7.30. The summed E-state index contributed by atoms with van der Waals surface area (Å²) in [5, 5.41) is 41.3. The Balaban J connectivity index is 1.48. The lowest BCUT2D eigenvalue weighted by atomic mass is 9.77. The summed E-state index contributed by atoms with van der Waals surface area (Å²) in [5.41, 5.74) is 2.89. The van der Waals surface area contributed by atoms with E-state index in [0.717, 1.165) is 22.2 Å². The molecule has 1 aromatic carbocycles. The molecule has 1 aromatic heterocycles. The maximum absolute atomic E-state index is 13.1. The molecule has 1 fully saturated rings. The van der Waals surface area contributed by atoms with Gasteiger partial charge in [-0.15, -0.1) is 6.58 Å². The highest BCUT2D eigenvalue weighted by Gasteiger charge is 2.48. The molecule has 12 nitrogen and oxygen atoms in total. The Morgan fingerprint density at radius 1 is 1.20 bits per heavy atom. The number of methoxy groups -OCH3 is 1. The van der Waals surface area contributed by atoms with E-state index in [2.05, 4.69) is 11.6 Å². The number of ether oxygens (including phenoxy) is 4. The van der Waals surface area contributed by atoms with Crippen LogP contribution in [-0.2, 0) is 35.0 Å². The normalized spacial score (nSPS) is 34.1. The number of aliphatic hydroxyl groups is 4. The fraction of sp³-hybridized carbons (Fsp3) is 0.500. The number of para-hydroxylation sites is 1. The summed E-state index contributed by atoms with van der Waals surface area (Å²) < 4.78 is 22.2. The Morgan fingerprint density at radius 3 is 2.65 bits per heavy atom. The largest absolute Gasteiger partial charge is 0.471 e. The van der Waals surface area contributed by atoms with Crippen molar-refractivity contribution in [3.63, 3.8) is 0 Å². The zero-order valence-corrected chi connectivity index (χ0v) is 22.2. The van der Waals surface area contributed by atoms with Crippen LogP contribution >= 0.6 is 0 Å². The first-order valence-electron chi connectivity index (χ1n) is 13.1. The van der Waals surface area contributed by atoms with E-state index in [-0.39, 0.29) is 24.3 Å². The van der Waals surface area contributed by atoms with Crippen LogP contribution in [0.4, 0.5) is 0 Å². The summed E-state index contributed by atoms with van der Waals surface area (Å²) in [6.07, 6.45) is -5.31. The zero-order valence-electron chi connectivity index (χ0n) is 22.2. The van der Waals surface area contributed by atoms with E-state index in [4.69, 9.17) is 18.9 Å². The maximum atomic E-state index is 13.1. The van der Waals surface area contributed by atoms with Gasteiger partial charge in [-0.25, -0.2) is 4.79 Å². The number of rotatable bonds is 7. The number of benzene rings is 1. The third kappa shape index (κ3) is 4.80. The quantitative estimate of drug-likeness (QED) is 0.235. The first kappa shape index (κ1) is 28.3. The molecule has 0 bridgehead atoms. The van der Waals surface area contributed by atoms with Crippen molar-refractivity contribution >= 4 is 22.8 Å². The number of carbonyl (C=O) groups excluding carboxylic acids is 2. The zero-order chi connectivity index (χ0) is 28.7. The van der Waals surface area contributed by atoms with E-state index < -0.39 is 67.4 Å². The summed E-state index contributed by atoms with van der Waals surface area (Å²) >= 11 is 0. The van der Waals surface area contributed by atoms with E-state index >= 15 is 0 Å². The number of aliphatic hydroxyl groups excluding tert-OH is 4. The summed E-state index contributed by atoms with van der Waals surface area (Å²) in [5.74, 6) is -1.98. The lowest BCUT2D eigenvalue weighted by Gasteiger charge is -2.44. The van der Waals surface area contributed by atoms with Crippen molar-refractivity contribution < 1.29 is 49.0 Å². The Bertz CT molecular complexity index is 1310. The second-order valence-electron chi connectivity index (χ2n) is 10.3. The van der Waals surface area contributed by atoms with Crippen molar-refractivity contribution in [1.29, 1.82) is 0 Å². The van der Waals surface area contributed by atoms with Crippen LogP contribution in [0, 0.1) is 11.8 Å². The average molecular weight is 559 g/mol. The van der Waals surface area contributed by atoms with Gasteiger partial charge in [0.05, 0.1) is 38.0 Å². The second-order valence-corrected chi connectivity index (χ2v) is 10.3. The van der Waals surface area contributed by atoms with Crippen LogP contribution < -0.4 is 0 Å². The standard InChI is InChI=1S/C28H34N2O10/c1-4-13-15(9-19-22-16(10-21(32)30(19)2)14-7-5-6-8-18(14)29-22)17(26(36)37-3)12-38-27(13)40-28-25(35)24(34)23(33)20(11-31)39-28/h4-8,12-13,15,19-20,23-25,27-29,31,33-35H,1,9-11H2,2-3H3/t13-,15+,19+,20-,23-,24+,25-,27+,28+/m0/s1. The number of esters is 1. The van der Waals surface area contributed by atoms with Gasteiger partial charge >= 0.3 is 5.97 Å². The molecule has 2 aromatic rings. The molecule has 3 aliphatic heterocycles. The van der Waals surface area contributed by atoms with Crippen molar-refractivity contribution in [2.24, 2.45) is 11.8 Å². The third-order valence-corrected chi connectivity index (χ3v) is 8.16. The number of fused-ring (bicyclic) bond motifs is 3. The summed E-state index contributed by atoms with van der Waals surface area (Å²) in [6.45, 7) is 3.30. The molecule has 216 valence electrons. The number of nitrogens with zero attached hydrogens (tertiary/aromatic N) is 1. The summed E-state index contributed by atoms with van der Waals surface area (Å²) in [4.78, 5) is 31.0. The number of hydrogen-bond acceptors (Lipinski definition) is 10. The summed E-state index contributed by atoms with van der Waals surface area (Å²) in [7, 11) is 2.97. The first-order chi connectivity index (χ1) is 19.2. The molecule has 3 aliphatic rings. The molecule has 0 unspecified atom stereocenters. The molecule has 0 radical (unpaired) electrons. The van der Waals surface area contributed by atoms with Gasteiger partial charge in [-0.05, 0) is 18.1 Å². The Hall–Kier alpha value is -3.26. The molecule has 0 aliphatic carbocycles. The minimum atomic E-state index is -1.65. The van der Waals surface area contributed by atoms with Crippen LogP contribution in [0.2, 0.25) is 0 Å². The first-order valence-corrected chi connectivity index (χ1v) is 13.1. The highest BCUT2D eigenvalue weighted by molar-refractivity contribution is 5.92. The van der Waals surface area contributed by atoms with Crippen molar-refractivity contribution in [2.75, 3.05) is 20.8 Å². The minimum absolute atomic E-state index is 0.0674. The molecule has 40 heavy (non-hydrogen) atoms. The molecular formula is C28H34N2O10. The third-order valence-electron chi connectivity index (χ3n) is 8.16. The molecule has 0 saturated carbocycles. The van der Waals surface area contributed by atoms with Crippen molar-refractivity contribution in [3.8, 4) is 0 Å². The number of H-pyrrole nitrogens is 1. The van der Waals surface area contributed by atoms with Crippen LogP contribution in [0.25, 0.3) is 10.9 Å². The van der Waals surface area contributed by atoms with Crippen LogP contribution in [-0.4, -0.2) is 99.9 Å². The molecule has 1 amide bonds. The van der Waals surface area contributed by atoms with E-state index in [0.29, 0.717) is 0 Å². The number of hydrogen-bond donors (Lipinski definition) is 5. The predicted molar refractivity (Wildman–Crippen MR) is 139 cm³/mol. The smallest absolute Gasteiger partial charge is 0.337 e. The van der Waals surface area contributed by atoms with Gasteiger partial charge < -0.3 is 49.3 Å². The molecule has 12 heteroatoms. The fourth-order valence-corrected chi connectivity index (χ4v) is 5.88. The second kappa shape index (κ2) is 11.3. The van der Waals surface area contributed by atoms with Crippen LogP contribution in [0.1, 0.15) is 23.7 Å². The van der Waals surface area contributed by atoms with E-state index in [1.165, 1.54) is 13.4 Å². The van der Waals surface area contributed by atoms with Gasteiger partial charge in [-0.2, -0.15) is 0 Å². The number of likely N-dealkylation sites (N-methyl/N-ethyl adjacent to an activating group) is 1. The fourth-order valence-electron chi connectivity index (χ4n) is 5.88. The Kier molecular flexibility index (Phi) is 8.00. The average Bonchev–Trinajstić information content (AvgIpc) is 3.33.